The van der Waals surface area contributed by atoms with Crippen LogP contribution in [0.4, 0.5) is 14.5 Å². The first kappa shape index (κ1) is 27.1. The fourth-order valence-corrected chi connectivity index (χ4v) is 4.75. The van der Waals surface area contributed by atoms with Crippen molar-refractivity contribution in [2.24, 2.45) is 5.41 Å². The Morgan fingerprint density at radius 3 is 2.39 bits per heavy atom. The predicted molar refractivity (Wildman–Crippen MR) is 140 cm³/mol. The van der Waals surface area contributed by atoms with E-state index >= 15 is 4.39 Å². The molecular formula is C26H27F2N5O4S. The average Bonchev–Trinajstić information content (AvgIpc) is 3.28. The molecule has 38 heavy (non-hydrogen) atoms. The lowest BCUT2D eigenvalue weighted by Gasteiger charge is -2.17. The number of aromatic amines is 1. The minimum Gasteiger partial charge on any atom is -0.463 e. The largest absolute Gasteiger partial charge is 0.463 e. The van der Waals surface area contributed by atoms with Crippen molar-refractivity contribution in [2.45, 2.75) is 34.1 Å². The van der Waals surface area contributed by atoms with Crippen LogP contribution in [0.3, 0.4) is 0 Å². The number of H-pyrrole nitrogens is 1. The molecule has 4 aromatic rings. The molecule has 0 saturated heterocycles. The first-order valence-electron chi connectivity index (χ1n) is 11.8. The lowest BCUT2D eigenvalue weighted by molar-refractivity contribution is 0.103. The van der Waals surface area contributed by atoms with Crippen LogP contribution in [0.2, 0.25) is 0 Å². The maximum absolute atomic E-state index is 15.2. The van der Waals surface area contributed by atoms with Gasteiger partial charge in [0.05, 0.1) is 17.9 Å². The summed E-state index contributed by atoms with van der Waals surface area (Å²) in [5.41, 5.74) is 0.217. The summed E-state index contributed by atoms with van der Waals surface area (Å²) in [6.07, 6.45) is 6.32. The van der Waals surface area contributed by atoms with Gasteiger partial charge in [-0.3, -0.25) is 9.52 Å². The van der Waals surface area contributed by atoms with Crippen LogP contribution in [0.1, 0.15) is 50.0 Å². The van der Waals surface area contributed by atoms with Gasteiger partial charge in [0.2, 0.25) is 10.0 Å². The van der Waals surface area contributed by atoms with E-state index in [1.54, 1.807) is 31.6 Å². The molecule has 0 aliphatic heterocycles. The summed E-state index contributed by atoms with van der Waals surface area (Å²) >= 11 is 0. The number of fused-ring (bicyclic) bond motifs is 1. The van der Waals surface area contributed by atoms with Gasteiger partial charge in [0.25, 0.3) is 0 Å². The third kappa shape index (κ3) is 5.96. The number of hydrogen-bond donors (Lipinski definition) is 2. The van der Waals surface area contributed by atoms with Gasteiger partial charge in [-0.15, -0.1) is 0 Å². The molecule has 0 radical (unpaired) electrons. The van der Waals surface area contributed by atoms with Gasteiger partial charge in [-0.25, -0.2) is 32.2 Å². The van der Waals surface area contributed by atoms with Crippen molar-refractivity contribution in [3.8, 4) is 17.1 Å². The molecule has 2 N–H and O–H groups in total. The van der Waals surface area contributed by atoms with E-state index in [1.807, 2.05) is 25.5 Å². The number of carbonyl (C=O) groups is 1. The quantitative estimate of drug-likeness (QED) is 0.281. The number of carbonyl (C=O) groups excluding carboxylic acids is 1. The van der Waals surface area contributed by atoms with Gasteiger partial charge >= 0.3 is 6.01 Å². The molecule has 0 saturated carbocycles. The highest BCUT2D eigenvalue weighted by Gasteiger charge is 2.25. The molecule has 0 fully saturated rings. The Hall–Kier alpha value is -3.93. The number of anilines is 1. The summed E-state index contributed by atoms with van der Waals surface area (Å²) in [5.74, 6) is -3.52. The second-order valence-electron chi connectivity index (χ2n) is 9.96. The molecule has 0 atom stereocenters. The van der Waals surface area contributed by atoms with E-state index in [0.717, 1.165) is 12.1 Å². The average molecular weight is 544 g/mol. The van der Waals surface area contributed by atoms with Crippen LogP contribution in [0.5, 0.6) is 6.01 Å². The second kappa shape index (κ2) is 10.4. The maximum Gasteiger partial charge on any atom is 0.316 e. The lowest BCUT2D eigenvalue weighted by Crippen LogP contribution is -2.19. The highest BCUT2D eigenvalue weighted by Crippen LogP contribution is 2.29. The van der Waals surface area contributed by atoms with Crippen molar-refractivity contribution in [3.63, 3.8) is 0 Å². The van der Waals surface area contributed by atoms with Crippen LogP contribution < -0.4 is 9.46 Å². The number of sulfonamides is 1. The Morgan fingerprint density at radius 2 is 1.74 bits per heavy atom. The summed E-state index contributed by atoms with van der Waals surface area (Å²) in [7, 11) is -3.99. The van der Waals surface area contributed by atoms with Crippen molar-refractivity contribution in [1.82, 2.24) is 19.9 Å². The second-order valence-corrected chi connectivity index (χ2v) is 11.8. The van der Waals surface area contributed by atoms with Crippen LogP contribution in [-0.4, -0.2) is 46.5 Å². The lowest BCUT2D eigenvalue weighted by atomic mass is 9.99. The van der Waals surface area contributed by atoms with Gasteiger partial charge in [-0.05, 0) is 30.0 Å². The van der Waals surface area contributed by atoms with Gasteiger partial charge in [0, 0.05) is 46.9 Å². The normalized spacial score (nSPS) is 12.1. The van der Waals surface area contributed by atoms with Crippen LogP contribution in [0, 0.1) is 17.0 Å². The molecule has 200 valence electrons. The Kier molecular flexibility index (Phi) is 7.45. The van der Waals surface area contributed by atoms with Gasteiger partial charge in [-0.2, -0.15) is 0 Å². The molecule has 12 heteroatoms. The zero-order valence-electron chi connectivity index (χ0n) is 21.3. The summed E-state index contributed by atoms with van der Waals surface area (Å²) in [4.78, 5) is 29.0. The number of aromatic nitrogens is 4. The maximum atomic E-state index is 15.2. The summed E-state index contributed by atoms with van der Waals surface area (Å²) in [6, 6.07) is 3.73. The number of hydrogen-bond acceptors (Lipinski definition) is 7. The third-order valence-corrected chi connectivity index (χ3v) is 6.90. The van der Waals surface area contributed by atoms with Gasteiger partial charge in [-0.1, -0.05) is 27.7 Å². The number of ether oxygens (including phenoxy) is 1. The minimum absolute atomic E-state index is 0.0567. The van der Waals surface area contributed by atoms with E-state index in [0.29, 0.717) is 28.8 Å². The van der Waals surface area contributed by atoms with Crippen molar-refractivity contribution in [2.75, 3.05) is 17.1 Å². The number of rotatable bonds is 9. The summed E-state index contributed by atoms with van der Waals surface area (Å²) in [5, 5.41) is 0.386. The number of halogens is 2. The molecule has 3 heterocycles. The zero-order chi connectivity index (χ0) is 27.7. The van der Waals surface area contributed by atoms with E-state index in [9.17, 15) is 17.6 Å². The summed E-state index contributed by atoms with van der Waals surface area (Å²) in [6.45, 7) is 8.15. The highest BCUT2D eigenvalue weighted by molar-refractivity contribution is 7.92. The SMILES string of the molecule is CCCS(=O)(=O)Nc1c(F)ccc(C(=O)c2c[nH]c3ncc(-c4cnc(OCC(C)(C)C)nc4)cc23)c1F. The third-order valence-electron chi connectivity index (χ3n) is 5.44. The molecule has 9 nitrogen and oxygen atoms in total. The van der Waals surface area contributed by atoms with E-state index in [4.69, 9.17) is 4.74 Å². The van der Waals surface area contributed by atoms with Crippen molar-refractivity contribution in [3.05, 3.63) is 65.7 Å². The van der Waals surface area contributed by atoms with Gasteiger partial charge < -0.3 is 9.72 Å². The molecular weight excluding hydrogens is 516 g/mol. The highest BCUT2D eigenvalue weighted by atomic mass is 32.2. The molecule has 0 spiro atoms. The van der Waals surface area contributed by atoms with Crippen molar-refractivity contribution in [1.29, 1.82) is 0 Å². The summed E-state index contributed by atoms with van der Waals surface area (Å²) < 4.78 is 61.3. The molecule has 0 aliphatic carbocycles. The number of ketones is 1. The molecule has 4 rings (SSSR count). The molecule has 1 aromatic carbocycles. The molecule has 0 aliphatic rings. The topological polar surface area (TPSA) is 127 Å². The number of pyridine rings is 1. The Balaban J connectivity index is 1.66. The predicted octanol–water partition coefficient (Wildman–Crippen LogP) is 5.11. The molecule has 3 aromatic heterocycles. The number of nitrogens with zero attached hydrogens (tertiary/aromatic N) is 3. The molecule has 0 amide bonds. The Bertz CT molecular complexity index is 1600. The van der Waals surface area contributed by atoms with E-state index in [-0.39, 0.29) is 29.2 Å². The van der Waals surface area contributed by atoms with Crippen molar-refractivity contribution < 1.29 is 26.7 Å². The van der Waals surface area contributed by atoms with Crippen LogP contribution in [0.25, 0.3) is 22.2 Å². The first-order chi connectivity index (χ1) is 17.9. The van der Waals surface area contributed by atoms with Gasteiger partial charge in [0.1, 0.15) is 17.2 Å². The Morgan fingerprint density at radius 1 is 1.05 bits per heavy atom. The van der Waals surface area contributed by atoms with Gasteiger partial charge in [0.15, 0.2) is 11.6 Å². The standard InChI is InChI=1S/C26H27F2N5O4S/c1-5-8-38(35,36)33-22-20(27)7-6-17(21(22)28)23(34)19-13-30-24-18(19)9-15(10-29-24)16-11-31-25(32-12-16)37-14-26(2,3)4/h6-7,9-13,33H,5,8,14H2,1-4H3,(H,29,30). The number of nitrogens with one attached hydrogen (secondary N) is 2. The van der Waals surface area contributed by atoms with Crippen LogP contribution in [0.15, 0.2) is 43.0 Å². The minimum atomic E-state index is -3.99. The fourth-order valence-electron chi connectivity index (χ4n) is 3.61. The van der Waals surface area contributed by atoms with E-state index < -0.39 is 38.7 Å². The zero-order valence-corrected chi connectivity index (χ0v) is 22.1. The smallest absolute Gasteiger partial charge is 0.316 e. The monoisotopic (exact) mass is 543 g/mol. The fraction of sp³-hybridized carbons (Fsp3) is 0.308. The van der Waals surface area contributed by atoms with E-state index in [2.05, 4.69) is 19.9 Å². The molecule has 0 bridgehead atoms. The van der Waals surface area contributed by atoms with E-state index in [1.165, 1.54) is 6.20 Å². The number of benzene rings is 1. The molecule has 0 unspecified atom stereocenters. The van der Waals surface area contributed by atoms with Crippen LogP contribution in [-0.2, 0) is 10.0 Å². The first-order valence-corrected chi connectivity index (χ1v) is 13.5. The Labute approximate surface area is 218 Å². The van der Waals surface area contributed by atoms with Crippen LogP contribution >= 0.6 is 0 Å². The van der Waals surface area contributed by atoms with Crippen molar-refractivity contribution >= 4 is 32.5 Å².